The molecule has 12 heteroatoms. The van der Waals surface area contributed by atoms with Gasteiger partial charge in [0.05, 0.1) is 26.1 Å². The van der Waals surface area contributed by atoms with Crippen LogP contribution in [0.3, 0.4) is 0 Å². The van der Waals surface area contributed by atoms with Crippen molar-refractivity contribution in [1.82, 2.24) is 10.6 Å². The van der Waals surface area contributed by atoms with E-state index in [0.717, 1.165) is 38.6 Å². The first-order chi connectivity index (χ1) is 18.6. The van der Waals surface area contributed by atoms with Crippen molar-refractivity contribution in [2.75, 3.05) is 33.6 Å². The number of carbonyl (C=O) groups excluding carboxylic acids is 3. The third-order valence-corrected chi connectivity index (χ3v) is 9.41. The maximum atomic E-state index is 13.1. The van der Waals surface area contributed by atoms with E-state index in [0.29, 0.717) is 6.42 Å². The quantitative estimate of drug-likeness (QED) is 0.244. The summed E-state index contributed by atoms with van der Waals surface area (Å²) in [7, 11) is -2.89. The van der Waals surface area contributed by atoms with Gasteiger partial charge >= 0.3 is 19.8 Å². The van der Waals surface area contributed by atoms with E-state index in [1.165, 1.54) is 45.6 Å². The first kappa shape index (κ1) is 32.0. The molecule has 1 amide bonds. The lowest BCUT2D eigenvalue weighted by molar-refractivity contribution is -0.161. The topological polar surface area (TPSA) is 138 Å². The van der Waals surface area contributed by atoms with Crippen molar-refractivity contribution in [1.29, 1.82) is 0 Å². The molecule has 0 aromatic heterocycles. The largest absolute Gasteiger partial charge is 0.478 e. The van der Waals surface area contributed by atoms with E-state index >= 15 is 0 Å². The molecule has 0 bridgehead atoms. The molecule has 3 rings (SSSR count). The number of hydrogen-bond donors (Lipinski definition) is 2. The van der Waals surface area contributed by atoms with Crippen molar-refractivity contribution in [3.63, 3.8) is 0 Å². The Morgan fingerprint density at radius 1 is 1.03 bits per heavy atom. The molecule has 0 aromatic rings. The van der Waals surface area contributed by atoms with Gasteiger partial charge in [0, 0.05) is 17.5 Å². The van der Waals surface area contributed by atoms with Crippen LogP contribution in [-0.4, -0.2) is 63.1 Å². The molecule has 3 fully saturated rings. The molecule has 1 aliphatic carbocycles. The van der Waals surface area contributed by atoms with E-state index in [-0.39, 0.29) is 37.0 Å². The van der Waals surface area contributed by atoms with Crippen LogP contribution in [0.5, 0.6) is 0 Å². The lowest BCUT2D eigenvalue weighted by Gasteiger charge is -2.42. The van der Waals surface area contributed by atoms with Gasteiger partial charge in [-0.05, 0) is 32.2 Å². The minimum absolute atomic E-state index is 0.00598. The van der Waals surface area contributed by atoms with Crippen LogP contribution in [0.15, 0.2) is 0 Å². The Labute approximate surface area is 232 Å². The molecule has 2 N–H and O–H groups in total. The van der Waals surface area contributed by atoms with Gasteiger partial charge in [0.1, 0.15) is 0 Å². The summed E-state index contributed by atoms with van der Waals surface area (Å²) in [5.41, 5.74) is -0.850. The zero-order valence-electron chi connectivity index (χ0n) is 23.8. The van der Waals surface area contributed by atoms with Crippen LogP contribution in [0.25, 0.3) is 0 Å². The van der Waals surface area contributed by atoms with E-state index in [2.05, 4.69) is 15.4 Å². The molecule has 0 radical (unpaired) electrons. The number of ether oxygens (including phenoxy) is 2. The van der Waals surface area contributed by atoms with E-state index in [4.69, 9.17) is 18.3 Å². The third kappa shape index (κ3) is 9.81. The van der Waals surface area contributed by atoms with Crippen molar-refractivity contribution in [2.24, 2.45) is 11.3 Å². The number of piperidine rings is 1. The summed E-state index contributed by atoms with van der Waals surface area (Å²) in [4.78, 5) is 37.0. The van der Waals surface area contributed by atoms with Crippen LogP contribution in [0, 0.1) is 11.3 Å². The maximum absolute atomic E-state index is 13.1. The number of amides is 1. The molecule has 2 unspecified atom stereocenters. The Hall–Kier alpha value is -1.52. The SMILES string of the molecule is COC(=O)CCNC(=O)[C@@H]1OP(=O)(OCOC(=O)C2CCNC3(CCCCCCCCCC3)C2)OCC1(C)C. The number of nitrogens with one attached hydrogen (secondary N) is 2. The van der Waals surface area contributed by atoms with E-state index < -0.39 is 38.0 Å². The number of esters is 2. The van der Waals surface area contributed by atoms with Crippen molar-refractivity contribution in [3.8, 4) is 0 Å². The Balaban J connectivity index is 1.50. The van der Waals surface area contributed by atoms with Crippen molar-refractivity contribution in [3.05, 3.63) is 0 Å². The standard InChI is InChI=1S/C27H47N2O9P/c1-26(2)19-36-39(33,38-23(26)24(31)28-16-13-22(30)34-3)37-20-35-25(32)21-12-17-29-27(18-21)14-10-8-6-4-5-7-9-11-15-27/h21,23,29H,4-20H2,1-3H3,(H,28,31)/t21?,23-,39?/m0/s1. The average Bonchev–Trinajstić information content (AvgIpc) is 2.96. The summed E-state index contributed by atoms with van der Waals surface area (Å²) in [6, 6.07) is 0. The number of hydrogen-bond acceptors (Lipinski definition) is 10. The number of carbonyl (C=O) groups is 3. The molecule has 39 heavy (non-hydrogen) atoms. The van der Waals surface area contributed by atoms with Gasteiger partial charge in [-0.1, -0.05) is 65.2 Å². The fourth-order valence-electron chi connectivity index (χ4n) is 5.70. The Morgan fingerprint density at radius 3 is 2.31 bits per heavy atom. The van der Waals surface area contributed by atoms with Crippen LogP contribution in [-0.2, 0) is 42.0 Å². The number of methoxy groups -OCH3 is 1. The van der Waals surface area contributed by atoms with Crippen LogP contribution >= 0.6 is 7.82 Å². The smallest absolute Gasteiger partial charge is 0.469 e. The Morgan fingerprint density at radius 2 is 1.67 bits per heavy atom. The third-order valence-electron chi connectivity index (χ3n) is 8.07. The second-order valence-electron chi connectivity index (χ2n) is 11.7. The number of phosphoric acid groups is 1. The van der Waals surface area contributed by atoms with Crippen LogP contribution in [0.1, 0.15) is 97.3 Å². The van der Waals surface area contributed by atoms with Crippen LogP contribution in [0.4, 0.5) is 0 Å². The van der Waals surface area contributed by atoms with Crippen LogP contribution < -0.4 is 10.6 Å². The summed E-state index contributed by atoms with van der Waals surface area (Å²) >= 11 is 0. The summed E-state index contributed by atoms with van der Waals surface area (Å²) in [5.74, 6) is -1.66. The number of phosphoric ester groups is 1. The maximum Gasteiger partial charge on any atom is 0.478 e. The van der Waals surface area contributed by atoms with Gasteiger partial charge in [-0.25, -0.2) is 9.09 Å². The molecule has 3 aliphatic rings. The predicted octanol–water partition coefficient (Wildman–Crippen LogP) is 4.39. The van der Waals surface area contributed by atoms with E-state index in [9.17, 15) is 18.9 Å². The monoisotopic (exact) mass is 574 g/mol. The highest BCUT2D eigenvalue weighted by atomic mass is 31.2. The van der Waals surface area contributed by atoms with Gasteiger partial charge in [-0.15, -0.1) is 0 Å². The lowest BCUT2D eigenvalue weighted by Crippen LogP contribution is -2.52. The molecular formula is C27H47N2O9P. The Bertz CT molecular complexity index is 869. The summed E-state index contributed by atoms with van der Waals surface area (Å²) in [5, 5.41) is 6.32. The first-order valence-corrected chi connectivity index (χ1v) is 15.9. The van der Waals surface area contributed by atoms with E-state index in [1.807, 2.05) is 0 Å². The summed E-state index contributed by atoms with van der Waals surface area (Å²) in [6.45, 7) is 3.61. The minimum atomic E-state index is -4.16. The normalized spacial score (nSPS) is 29.5. The van der Waals surface area contributed by atoms with Gasteiger partial charge in [-0.3, -0.25) is 23.4 Å². The fraction of sp³-hybridized carbons (Fsp3) is 0.889. The second-order valence-corrected chi connectivity index (χ2v) is 13.4. The predicted molar refractivity (Wildman–Crippen MR) is 144 cm³/mol. The molecule has 0 aromatic carbocycles. The molecule has 2 heterocycles. The minimum Gasteiger partial charge on any atom is -0.469 e. The highest BCUT2D eigenvalue weighted by Crippen LogP contribution is 2.57. The van der Waals surface area contributed by atoms with Gasteiger partial charge in [0.25, 0.3) is 0 Å². The van der Waals surface area contributed by atoms with Gasteiger partial charge in [0.2, 0.25) is 12.7 Å². The molecule has 11 nitrogen and oxygen atoms in total. The molecule has 1 spiro atoms. The van der Waals surface area contributed by atoms with Crippen molar-refractivity contribution in [2.45, 2.75) is 109 Å². The highest BCUT2D eigenvalue weighted by Gasteiger charge is 2.49. The zero-order valence-corrected chi connectivity index (χ0v) is 24.7. The molecule has 224 valence electrons. The Kier molecular flexibility index (Phi) is 12.2. The molecule has 1 saturated carbocycles. The average molecular weight is 575 g/mol. The fourth-order valence-corrected chi connectivity index (χ4v) is 7.20. The van der Waals surface area contributed by atoms with E-state index in [1.54, 1.807) is 13.8 Å². The van der Waals surface area contributed by atoms with Gasteiger partial charge in [0.15, 0.2) is 6.10 Å². The molecule has 2 aliphatic heterocycles. The summed E-state index contributed by atoms with van der Waals surface area (Å²) < 4.78 is 39.2. The highest BCUT2D eigenvalue weighted by molar-refractivity contribution is 7.48. The van der Waals surface area contributed by atoms with Crippen molar-refractivity contribution < 1.29 is 42.0 Å². The van der Waals surface area contributed by atoms with Crippen LogP contribution in [0.2, 0.25) is 0 Å². The second kappa shape index (κ2) is 14.9. The first-order valence-electron chi connectivity index (χ1n) is 14.4. The lowest BCUT2D eigenvalue weighted by atomic mass is 9.75. The molecule has 3 atom stereocenters. The summed E-state index contributed by atoms with van der Waals surface area (Å²) in [6.07, 6.45) is 12.3. The van der Waals surface area contributed by atoms with Gasteiger partial charge in [-0.2, -0.15) is 0 Å². The van der Waals surface area contributed by atoms with Crippen molar-refractivity contribution >= 4 is 25.7 Å². The molecule has 2 saturated heterocycles. The van der Waals surface area contributed by atoms with Gasteiger partial charge < -0.3 is 20.1 Å². The number of rotatable bonds is 8. The molecular weight excluding hydrogens is 527 g/mol. The zero-order chi connectivity index (χ0) is 28.4.